The SMILES string of the molecule is COC(=O)C1=CN(C(=O)[C@@]23CC[C@@](C)(COC2=O)C3(C)C)[C@H](CCC2OCCO2)CC1. The first-order valence-electron chi connectivity index (χ1n) is 11.2. The normalized spacial score (nSPS) is 35.0. The van der Waals surface area contributed by atoms with Gasteiger partial charge in [0, 0.05) is 24.1 Å². The van der Waals surface area contributed by atoms with Gasteiger partial charge in [0.2, 0.25) is 5.91 Å². The van der Waals surface area contributed by atoms with Crippen LogP contribution in [0.1, 0.15) is 59.3 Å². The first-order valence-corrected chi connectivity index (χ1v) is 11.2. The number of carbonyl (C=O) groups excluding carboxylic acids is 3. The summed E-state index contributed by atoms with van der Waals surface area (Å²) in [6.07, 6.45) is 4.96. The number of esters is 2. The van der Waals surface area contributed by atoms with Crippen LogP contribution < -0.4 is 0 Å². The zero-order valence-corrected chi connectivity index (χ0v) is 18.9. The minimum absolute atomic E-state index is 0.152. The van der Waals surface area contributed by atoms with Crippen molar-refractivity contribution in [2.45, 2.75) is 71.6 Å². The third-order valence-corrected chi connectivity index (χ3v) is 8.41. The molecule has 3 fully saturated rings. The van der Waals surface area contributed by atoms with Crippen LogP contribution >= 0.6 is 0 Å². The molecule has 4 rings (SSSR count). The van der Waals surface area contributed by atoms with Gasteiger partial charge in [0.15, 0.2) is 11.7 Å². The minimum Gasteiger partial charge on any atom is -0.466 e. The van der Waals surface area contributed by atoms with Gasteiger partial charge in [0.1, 0.15) is 0 Å². The molecule has 3 heterocycles. The van der Waals surface area contributed by atoms with E-state index in [1.807, 2.05) is 13.8 Å². The van der Waals surface area contributed by atoms with Crippen molar-refractivity contribution < 1.29 is 33.3 Å². The fourth-order valence-electron chi connectivity index (χ4n) is 5.74. The Kier molecular flexibility index (Phi) is 5.67. The Hall–Kier alpha value is -1.93. The maximum Gasteiger partial charge on any atom is 0.335 e. The van der Waals surface area contributed by atoms with Crippen LogP contribution in [0.25, 0.3) is 0 Å². The molecule has 8 heteroatoms. The summed E-state index contributed by atoms with van der Waals surface area (Å²) < 4.78 is 21.6. The van der Waals surface area contributed by atoms with Gasteiger partial charge in [0.05, 0.1) is 32.5 Å². The topological polar surface area (TPSA) is 91.4 Å². The predicted molar refractivity (Wildman–Crippen MR) is 109 cm³/mol. The molecule has 172 valence electrons. The third kappa shape index (κ3) is 3.30. The number of fused-ring (bicyclic) bond motifs is 2. The van der Waals surface area contributed by atoms with Crippen LogP contribution in [-0.4, -0.2) is 62.0 Å². The summed E-state index contributed by atoms with van der Waals surface area (Å²) in [7, 11) is 1.33. The summed E-state index contributed by atoms with van der Waals surface area (Å²) in [6, 6.07) is -0.152. The van der Waals surface area contributed by atoms with E-state index in [0.717, 1.165) is 6.42 Å². The highest BCUT2D eigenvalue weighted by Crippen LogP contribution is 2.66. The molecule has 0 aromatic heterocycles. The molecule has 1 aliphatic carbocycles. The van der Waals surface area contributed by atoms with E-state index in [1.54, 1.807) is 11.1 Å². The molecule has 8 nitrogen and oxygen atoms in total. The smallest absolute Gasteiger partial charge is 0.335 e. The molecule has 1 amide bonds. The van der Waals surface area contributed by atoms with Crippen LogP contribution in [0.4, 0.5) is 0 Å². The average molecular weight is 436 g/mol. The molecule has 0 aromatic carbocycles. The number of hydrogen-bond acceptors (Lipinski definition) is 7. The van der Waals surface area contributed by atoms with Crippen LogP contribution in [0.5, 0.6) is 0 Å². The molecule has 0 N–H and O–H groups in total. The number of methoxy groups -OCH3 is 1. The Bertz CT molecular complexity index is 800. The molecule has 0 spiro atoms. The second-order valence-corrected chi connectivity index (χ2v) is 9.97. The van der Waals surface area contributed by atoms with Gasteiger partial charge in [-0.2, -0.15) is 0 Å². The molecule has 3 aliphatic heterocycles. The molecular weight excluding hydrogens is 402 g/mol. The van der Waals surface area contributed by atoms with E-state index in [2.05, 4.69) is 6.92 Å². The lowest BCUT2D eigenvalue weighted by Crippen LogP contribution is -2.61. The van der Waals surface area contributed by atoms with Crippen molar-refractivity contribution >= 4 is 17.8 Å². The summed E-state index contributed by atoms with van der Waals surface area (Å²) >= 11 is 0. The molecule has 31 heavy (non-hydrogen) atoms. The van der Waals surface area contributed by atoms with Gasteiger partial charge in [-0.25, -0.2) is 4.79 Å². The Morgan fingerprint density at radius 2 is 1.87 bits per heavy atom. The number of amides is 1. The highest BCUT2D eigenvalue weighted by atomic mass is 16.7. The molecule has 4 aliphatic rings. The first-order chi connectivity index (χ1) is 14.7. The van der Waals surface area contributed by atoms with E-state index in [0.29, 0.717) is 57.5 Å². The summed E-state index contributed by atoms with van der Waals surface area (Å²) in [5.74, 6) is -1.17. The van der Waals surface area contributed by atoms with Gasteiger partial charge >= 0.3 is 11.9 Å². The third-order valence-electron chi connectivity index (χ3n) is 8.41. The van der Waals surface area contributed by atoms with E-state index >= 15 is 0 Å². The Morgan fingerprint density at radius 1 is 1.16 bits per heavy atom. The lowest BCUT2D eigenvalue weighted by atomic mass is 9.57. The van der Waals surface area contributed by atoms with E-state index in [-0.39, 0.29) is 23.7 Å². The molecule has 0 aromatic rings. The van der Waals surface area contributed by atoms with Crippen molar-refractivity contribution in [3.63, 3.8) is 0 Å². The maximum absolute atomic E-state index is 14.1. The number of hydrogen-bond donors (Lipinski definition) is 0. The predicted octanol–water partition coefficient (Wildman–Crippen LogP) is 2.56. The fourth-order valence-corrected chi connectivity index (χ4v) is 5.74. The van der Waals surface area contributed by atoms with Gasteiger partial charge < -0.3 is 23.8 Å². The fraction of sp³-hybridized carbons (Fsp3) is 0.783. The van der Waals surface area contributed by atoms with Gasteiger partial charge in [-0.3, -0.25) is 9.59 Å². The van der Waals surface area contributed by atoms with Crippen LogP contribution in [-0.2, 0) is 33.3 Å². The van der Waals surface area contributed by atoms with Gasteiger partial charge in [-0.05, 0) is 37.5 Å². The van der Waals surface area contributed by atoms with Gasteiger partial charge in [0.25, 0.3) is 0 Å². The van der Waals surface area contributed by atoms with Crippen LogP contribution in [0.3, 0.4) is 0 Å². The standard InChI is InChI=1S/C23H33NO7/c1-21(2)22(3)9-10-23(21,20(27)31-14-22)19(26)24-13-15(18(25)28-4)5-6-16(24)7-8-17-29-11-12-30-17/h13,16-17H,5-12,14H2,1-4H3/t16-,22-,23-/m0/s1. The van der Waals surface area contributed by atoms with Crippen molar-refractivity contribution in [1.29, 1.82) is 0 Å². The van der Waals surface area contributed by atoms with Crippen molar-refractivity contribution in [1.82, 2.24) is 4.90 Å². The van der Waals surface area contributed by atoms with Gasteiger partial charge in [-0.1, -0.05) is 20.8 Å². The summed E-state index contributed by atoms with van der Waals surface area (Å²) in [5.41, 5.74) is -1.64. The second-order valence-electron chi connectivity index (χ2n) is 9.97. The van der Waals surface area contributed by atoms with E-state index in [9.17, 15) is 14.4 Å². The summed E-state index contributed by atoms with van der Waals surface area (Å²) in [5, 5.41) is 0. The minimum atomic E-state index is -1.26. The highest BCUT2D eigenvalue weighted by Gasteiger charge is 2.72. The number of carbonyl (C=O) groups is 3. The van der Waals surface area contributed by atoms with Crippen LogP contribution in [0.2, 0.25) is 0 Å². The maximum atomic E-state index is 14.1. The number of nitrogens with zero attached hydrogens (tertiary/aromatic N) is 1. The Balaban J connectivity index is 1.66. The largest absolute Gasteiger partial charge is 0.466 e. The number of cyclic esters (lactones) is 1. The van der Waals surface area contributed by atoms with Crippen molar-refractivity contribution in [2.24, 2.45) is 16.2 Å². The van der Waals surface area contributed by atoms with Crippen molar-refractivity contribution in [2.75, 3.05) is 26.9 Å². The van der Waals surface area contributed by atoms with E-state index in [1.165, 1.54) is 7.11 Å². The highest BCUT2D eigenvalue weighted by molar-refractivity contribution is 6.05. The van der Waals surface area contributed by atoms with E-state index < -0.39 is 22.8 Å². The zero-order valence-electron chi connectivity index (χ0n) is 18.9. The monoisotopic (exact) mass is 435 g/mol. The summed E-state index contributed by atoms with van der Waals surface area (Å²) in [4.78, 5) is 41.1. The average Bonchev–Trinajstić information content (AvgIpc) is 3.31. The van der Waals surface area contributed by atoms with Crippen molar-refractivity contribution in [3.8, 4) is 0 Å². The first kappa shape index (κ1) is 22.3. The molecule has 3 atom stereocenters. The van der Waals surface area contributed by atoms with E-state index in [4.69, 9.17) is 18.9 Å². The molecule has 2 saturated heterocycles. The van der Waals surface area contributed by atoms with Crippen LogP contribution in [0, 0.1) is 16.2 Å². The van der Waals surface area contributed by atoms with Crippen LogP contribution in [0.15, 0.2) is 11.8 Å². The molecule has 0 unspecified atom stereocenters. The summed E-state index contributed by atoms with van der Waals surface area (Å²) in [6.45, 7) is 7.58. The molecule has 0 radical (unpaired) electrons. The molecule has 2 bridgehead atoms. The number of ether oxygens (including phenoxy) is 4. The zero-order chi connectivity index (χ0) is 22.4. The lowest BCUT2D eigenvalue weighted by Gasteiger charge is -2.51. The molecule has 1 saturated carbocycles. The Labute approximate surface area is 183 Å². The van der Waals surface area contributed by atoms with Crippen molar-refractivity contribution in [3.05, 3.63) is 11.8 Å². The van der Waals surface area contributed by atoms with Gasteiger partial charge in [-0.15, -0.1) is 0 Å². The lowest BCUT2D eigenvalue weighted by molar-refractivity contribution is -0.193. The quantitative estimate of drug-likeness (QED) is 0.484. The second kappa shape index (κ2) is 7.89. The Morgan fingerprint density at radius 3 is 2.55 bits per heavy atom. The number of rotatable bonds is 5. The molecular formula is C23H33NO7.